The van der Waals surface area contributed by atoms with Crippen molar-refractivity contribution in [2.75, 3.05) is 6.61 Å². The summed E-state index contributed by atoms with van der Waals surface area (Å²) in [5, 5.41) is 0.976. The molecule has 0 atom stereocenters. The molecule has 2 rings (SSSR count). The molecule has 0 saturated carbocycles. The van der Waals surface area contributed by atoms with E-state index < -0.39 is 0 Å². The molecule has 1 aromatic rings. The number of benzene rings is 1. The van der Waals surface area contributed by atoms with Gasteiger partial charge in [-0.25, -0.2) is 10.9 Å². The van der Waals surface area contributed by atoms with Gasteiger partial charge >= 0.3 is 0 Å². The topological polar surface area (TPSA) is 55.6 Å². The number of rotatable bonds is 3. The number of carbonyl (C=O) groups excluding carboxylic acids is 1. The lowest BCUT2D eigenvalue weighted by atomic mass is 10.2. The highest BCUT2D eigenvalue weighted by molar-refractivity contribution is 9.10. The van der Waals surface area contributed by atoms with E-state index in [0.717, 1.165) is 15.0 Å². The second-order valence-corrected chi connectivity index (χ2v) is 6.26. The third kappa shape index (κ3) is 3.17. The maximum absolute atomic E-state index is 11.8. The molecule has 1 aliphatic heterocycles. The number of thiocarbonyl (C=S) groups is 1. The molecule has 1 amide bonds. The monoisotopic (exact) mass is 358 g/mol. The van der Waals surface area contributed by atoms with E-state index in [1.54, 1.807) is 6.08 Å². The molecule has 1 saturated heterocycles. The zero-order chi connectivity index (χ0) is 14.0. The van der Waals surface area contributed by atoms with Gasteiger partial charge in [-0.2, -0.15) is 0 Å². The van der Waals surface area contributed by atoms with Crippen molar-refractivity contribution >= 4 is 56.2 Å². The number of halogens is 1. The van der Waals surface area contributed by atoms with Gasteiger partial charge in [0.15, 0.2) is 4.32 Å². The van der Waals surface area contributed by atoms with E-state index in [4.69, 9.17) is 22.8 Å². The van der Waals surface area contributed by atoms with Gasteiger partial charge in [-0.15, -0.1) is 0 Å². The fourth-order valence-electron chi connectivity index (χ4n) is 1.54. The van der Waals surface area contributed by atoms with E-state index in [9.17, 15) is 4.79 Å². The van der Waals surface area contributed by atoms with Crippen LogP contribution in [-0.2, 0) is 4.79 Å². The van der Waals surface area contributed by atoms with Gasteiger partial charge in [-0.1, -0.05) is 39.9 Å². The molecule has 0 bridgehead atoms. The fraction of sp³-hybridized carbons (Fsp3) is 0.167. The first-order valence-corrected chi connectivity index (χ1v) is 7.49. The maximum Gasteiger partial charge on any atom is 0.280 e. The number of ether oxygens (including phenoxy) is 1. The molecule has 1 heterocycles. The zero-order valence-corrected chi connectivity index (χ0v) is 13.3. The number of amides is 1. The molecule has 19 heavy (non-hydrogen) atoms. The van der Waals surface area contributed by atoms with E-state index in [1.165, 1.54) is 11.8 Å². The molecular formula is C12H11BrN2O2S2. The molecule has 1 aliphatic rings. The van der Waals surface area contributed by atoms with E-state index in [2.05, 4.69) is 15.9 Å². The number of hydrazine groups is 1. The lowest BCUT2D eigenvalue weighted by Gasteiger charge is -2.08. The van der Waals surface area contributed by atoms with Crippen molar-refractivity contribution < 1.29 is 9.53 Å². The highest BCUT2D eigenvalue weighted by Crippen LogP contribution is 2.33. The van der Waals surface area contributed by atoms with Crippen LogP contribution in [0.15, 0.2) is 27.6 Å². The van der Waals surface area contributed by atoms with Crippen LogP contribution in [0, 0.1) is 0 Å². The summed E-state index contributed by atoms with van der Waals surface area (Å²) in [5.74, 6) is 5.95. The number of hydrogen-bond acceptors (Lipinski definition) is 5. The van der Waals surface area contributed by atoms with Gasteiger partial charge in [0.1, 0.15) is 5.75 Å². The van der Waals surface area contributed by atoms with Crippen LogP contribution in [0.25, 0.3) is 6.08 Å². The lowest BCUT2D eigenvalue weighted by Crippen LogP contribution is -2.34. The Kier molecular flexibility index (Phi) is 4.62. The van der Waals surface area contributed by atoms with Crippen LogP contribution in [0.4, 0.5) is 0 Å². The zero-order valence-electron chi connectivity index (χ0n) is 10.1. The largest absolute Gasteiger partial charge is 0.493 e. The molecule has 1 aromatic carbocycles. The summed E-state index contributed by atoms with van der Waals surface area (Å²) in [7, 11) is 0. The van der Waals surface area contributed by atoms with Crippen molar-refractivity contribution in [2.24, 2.45) is 5.84 Å². The van der Waals surface area contributed by atoms with Crippen LogP contribution >= 0.6 is 39.9 Å². The minimum absolute atomic E-state index is 0.294. The van der Waals surface area contributed by atoms with E-state index in [0.29, 0.717) is 21.6 Å². The number of carbonyl (C=O) groups is 1. The van der Waals surface area contributed by atoms with Crippen molar-refractivity contribution in [3.05, 3.63) is 33.1 Å². The highest BCUT2D eigenvalue weighted by atomic mass is 79.9. The molecule has 1 fully saturated rings. The average molecular weight is 359 g/mol. The second-order valence-electron chi connectivity index (χ2n) is 3.67. The van der Waals surface area contributed by atoms with Gasteiger partial charge in [0.05, 0.1) is 11.5 Å². The Hall–Kier alpha value is -0.890. The molecule has 7 heteroatoms. The Morgan fingerprint density at radius 2 is 2.32 bits per heavy atom. The van der Waals surface area contributed by atoms with E-state index >= 15 is 0 Å². The Bertz CT molecular complexity index is 575. The summed E-state index contributed by atoms with van der Waals surface area (Å²) in [6.45, 7) is 2.46. The van der Waals surface area contributed by atoms with Crippen LogP contribution in [0.3, 0.4) is 0 Å². The minimum atomic E-state index is -0.294. The normalized spacial score (nSPS) is 17.4. The summed E-state index contributed by atoms with van der Waals surface area (Å²) in [6, 6.07) is 5.62. The van der Waals surface area contributed by atoms with Gasteiger partial charge in [0.2, 0.25) is 0 Å². The molecule has 0 radical (unpaired) electrons. The SMILES string of the molecule is CCOc1ccc(Br)cc1/C=C1/SC(=S)N(N)C1=O. The number of hydrogen-bond donors (Lipinski definition) is 1. The Morgan fingerprint density at radius 1 is 1.58 bits per heavy atom. The molecule has 0 aromatic heterocycles. The number of thioether (sulfide) groups is 1. The number of nitrogens with two attached hydrogens (primary N) is 1. The first-order chi connectivity index (χ1) is 9.02. The van der Waals surface area contributed by atoms with Crippen molar-refractivity contribution in [1.29, 1.82) is 0 Å². The molecule has 4 nitrogen and oxygen atoms in total. The van der Waals surface area contributed by atoms with Crippen LogP contribution in [0.5, 0.6) is 5.75 Å². The van der Waals surface area contributed by atoms with Crippen LogP contribution in [0.1, 0.15) is 12.5 Å². The third-order valence-corrected chi connectivity index (χ3v) is 4.21. The van der Waals surface area contributed by atoms with Crippen LogP contribution < -0.4 is 10.6 Å². The summed E-state index contributed by atoms with van der Waals surface area (Å²) >= 11 is 9.56. The van der Waals surface area contributed by atoms with Crippen molar-refractivity contribution in [3.8, 4) is 5.75 Å². The smallest absolute Gasteiger partial charge is 0.280 e. The maximum atomic E-state index is 11.8. The Morgan fingerprint density at radius 3 is 2.89 bits per heavy atom. The Labute approximate surface area is 129 Å². The minimum Gasteiger partial charge on any atom is -0.493 e. The van der Waals surface area contributed by atoms with Gasteiger partial charge in [0.25, 0.3) is 5.91 Å². The van der Waals surface area contributed by atoms with Gasteiger partial charge < -0.3 is 4.74 Å². The number of nitrogens with zero attached hydrogens (tertiary/aromatic N) is 1. The van der Waals surface area contributed by atoms with E-state index in [-0.39, 0.29) is 5.91 Å². The molecular weight excluding hydrogens is 348 g/mol. The summed E-state index contributed by atoms with van der Waals surface area (Å²) in [6.07, 6.45) is 1.74. The lowest BCUT2D eigenvalue weighted by molar-refractivity contribution is -0.122. The van der Waals surface area contributed by atoms with Crippen molar-refractivity contribution in [2.45, 2.75) is 6.92 Å². The second kappa shape index (κ2) is 6.04. The first-order valence-electron chi connectivity index (χ1n) is 5.48. The highest BCUT2D eigenvalue weighted by Gasteiger charge is 2.29. The predicted octanol–water partition coefficient (Wildman–Crippen LogP) is 2.92. The molecule has 0 spiro atoms. The summed E-state index contributed by atoms with van der Waals surface area (Å²) < 4.78 is 6.79. The van der Waals surface area contributed by atoms with Crippen LogP contribution in [-0.4, -0.2) is 21.8 Å². The first kappa shape index (κ1) is 14.5. The average Bonchev–Trinajstić information content (AvgIpc) is 2.61. The van der Waals surface area contributed by atoms with E-state index in [1.807, 2.05) is 25.1 Å². The summed E-state index contributed by atoms with van der Waals surface area (Å²) in [4.78, 5) is 12.3. The molecule has 100 valence electrons. The van der Waals surface area contributed by atoms with Crippen molar-refractivity contribution in [3.63, 3.8) is 0 Å². The van der Waals surface area contributed by atoms with Crippen molar-refractivity contribution in [1.82, 2.24) is 5.01 Å². The Balaban J connectivity index is 2.40. The third-order valence-electron chi connectivity index (χ3n) is 2.38. The van der Waals surface area contributed by atoms with Crippen LogP contribution in [0.2, 0.25) is 0 Å². The fourth-order valence-corrected chi connectivity index (χ4v) is 3.01. The van der Waals surface area contributed by atoms with Gasteiger partial charge in [-0.05, 0) is 31.2 Å². The summed E-state index contributed by atoms with van der Waals surface area (Å²) in [5.41, 5.74) is 0.810. The molecule has 0 aliphatic carbocycles. The predicted molar refractivity (Wildman–Crippen MR) is 84.5 cm³/mol. The molecule has 0 unspecified atom stereocenters. The molecule has 2 N–H and O–H groups in total. The van der Waals surface area contributed by atoms with Gasteiger partial charge in [0, 0.05) is 10.0 Å². The standard InChI is InChI=1S/C12H11BrN2O2S2/c1-2-17-9-4-3-8(13)5-7(9)6-10-11(16)15(14)12(18)19-10/h3-6H,2,14H2,1H3/b10-6+. The quantitative estimate of drug-likeness (QED) is 0.389. The van der Waals surface area contributed by atoms with Gasteiger partial charge in [-0.3, -0.25) is 4.79 Å².